The number of benzene rings is 2. The molecule has 0 saturated carbocycles. The normalized spacial score (nSPS) is 22.2. The van der Waals surface area contributed by atoms with Crippen LogP contribution in [0.5, 0.6) is 0 Å². The van der Waals surface area contributed by atoms with Crippen LogP contribution >= 0.6 is 0 Å². The van der Waals surface area contributed by atoms with Crippen LogP contribution < -0.4 is 4.90 Å². The van der Waals surface area contributed by atoms with E-state index in [4.69, 9.17) is 4.74 Å². The Hall–Kier alpha value is -3.19. The van der Waals surface area contributed by atoms with Gasteiger partial charge in [0, 0.05) is 37.5 Å². The van der Waals surface area contributed by atoms with E-state index in [1.54, 1.807) is 0 Å². The lowest BCUT2D eigenvalue weighted by Crippen LogP contribution is -2.36. The number of carbonyl (C=O) groups excluding carboxylic acids is 2. The van der Waals surface area contributed by atoms with Gasteiger partial charge < -0.3 is 19.6 Å². The minimum atomic E-state index is -0.745. The van der Waals surface area contributed by atoms with E-state index in [2.05, 4.69) is 18.7 Å². The van der Waals surface area contributed by atoms with E-state index in [1.165, 1.54) is 29.2 Å². The number of hydrogen-bond acceptors (Lipinski definition) is 5. The fourth-order valence-electron chi connectivity index (χ4n) is 4.64. The van der Waals surface area contributed by atoms with E-state index in [-0.39, 0.29) is 29.5 Å². The molecule has 2 heterocycles. The maximum Gasteiger partial charge on any atom is 0.295 e. The molecule has 2 unspecified atom stereocenters. The second-order valence-corrected chi connectivity index (χ2v) is 8.36. The van der Waals surface area contributed by atoms with Gasteiger partial charge in [0.25, 0.3) is 11.7 Å². The number of ether oxygens (including phenoxy) is 1. The van der Waals surface area contributed by atoms with Crippen molar-refractivity contribution in [1.82, 2.24) is 4.90 Å². The largest absolute Gasteiger partial charge is 0.507 e. The molecule has 6 nitrogen and oxygen atoms in total. The van der Waals surface area contributed by atoms with E-state index in [0.29, 0.717) is 6.61 Å². The Morgan fingerprint density at radius 1 is 1.09 bits per heavy atom. The van der Waals surface area contributed by atoms with Crippen LogP contribution in [0.15, 0.2) is 54.1 Å². The highest BCUT2D eigenvalue weighted by Crippen LogP contribution is 2.40. The standard InChI is InChI=1S/C26H29FN2O4/c1-3-28(4-2)20-13-9-17(10-14-20)23-22(24(30)18-7-11-19(27)12-8-18)25(31)26(32)29(23)16-21-6-5-15-33-21/h7-14,21,23,30H,3-6,15-16H2,1-2H3. The summed E-state index contributed by atoms with van der Waals surface area (Å²) in [7, 11) is 0. The summed E-state index contributed by atoms with van der Waals surface area (Å²) in [5, 5.41) is 11.0. The number of aliphatic hydroxyl groups is 1. The maximum absolute atomic E-state index is 13.4. The first-order valence-corrected chi connectivity index (χ1v) is 11.5. The van der Waals surface area contributed by atoms with Gasteiger partial charge in [-0.25, -0.2) is 4.39 Å². The number of likely N-dealkylation sites (tertiary alicyclic amines) is 1. The topological polar surface area (TPSA) is 70.1 Å². The molecule has 2 atom stereocenters. The predicted molar refractivity (Wildman–Crippen MR) is 124 cm³/mol. The molecule has 174 valence electrons. The number of anilines is 1. The molecule has 33 heavy (non-hydrogen) atoms. The van der Waals surface area contributed by atoms with Gasteiger partial charge in [0.2, 0.25) is 0 Å². The predicted octanol–water partition coefficient (Wildman–Crippen LogP) is 4.27. The highest BCUT2D eigenvalue weighted by atomic mass is 19.1. The summed E-state index contributed by atoms with van der Waals surface area (Å²) < 4.78 is 19.1. The average Bonchev–Trinajstić information content (AvgIpc) is 3.43. The third-order valence-electron chi connectivity index (χ3n) is 6.42. The first kappa shape index (κ1) is 23.0. The number of nitrogens with zero attached hydrogens (tertiary/aromatic N) is 2. The summed E-state index contributed by atoms with van der Waals surface area (Å²) in [5.74, 6) is -2.16. The van der Waals surface area contributed by atoms with E-state index in [9.17, 15) is 19.1 Å². The summed E-state index contributed by atoms with van der Waals surface area (Å²) >= 11 is 0. The number of ketones is 1. The zero-order valence-electron chi connectivity index (χ0n) is 19.0. The molecule has 2 aromatic carbocycles. The Bertz CT molecular complexity index is 1040. The van der Waals surface area contributed by atoms with E-state index >= 15 is 0 Å². The Morgan fingerprint density at radius 2 is 1.76 bits per heavy atom. The number of rotatable bonds is 7. The van der Waals surface area contributed by atoms with Gasteiger partial charge >= 0.3 is 0 Å². The number of amides is 1. The average molecular weight is 453 g/mol. The molecule has 2 fully saturated rings. The second kappa shape index (κ2) is 9.75. The van der Waals surface area contributed by atoms with E-state index in [0.717, 1.165) is 37.2 Å². The lowest BCUT2D eigenvalue weighted by atomic mass is 9.95. The molecule has 2 aromatic rings. The van der Waals surface area contributed by atoms with Crippen LogP contribution in [0.4, 0.5) is 10.1 Å². The second-order valence-electron chi connectivity index (χ2n) is 8.36. The van der Waals surface area contributed by atoms with Crippen molar-refractivity contribution in [3.05, 3.63) is 71.0 Å². The monoisotopic (exact) mass is 452 g/mol. The van der Waals surface area contributed by atoms with Crippen LogP contribution in [0.1, 0.15) is 43.9 Å². The lowest BCUT2D eigenvalue weighted by Gasteiger charge is -2.28. The fourth-order valence-corrected chi connectivity index (χ4v) is 4.64. The van der Waals surface area contributed by atoms with Gasteiger partial charge in [-0.1, -0.05) is 12.1 Å². The van der Waals surface area contributed by atoms with Gasteiger partial charge in [-0.05, 0) is 68.7 Å². The van der Waals surface area contributed by atoms with Crippen LogP contribution in [0.2, 0.25) is 0 Å². The van der Waals surface area contributed by atoms with Gasteiger partial charge in [0.15, 0.2) is 0 Å². The number of hydrogen-bond donors (Lipinski definition) is 1. The van der Waals surface area contributed by atoms with Crippen molar-refractivity contribution in [2.45, 2.75) is 38.8 Å². The molecule has 0 bridgehead atoms. The van der Waals surface area contributed by atoms with Gasteiger partial charge in [0.1, 0.15) is 11.6 Å². The number of carbonyl (C=O) groups is 2. The molecule has 2 saturated heterocycles. The van der Waals surface area contributed by atoms with Crippen LogP contribution in [0.25, 0.3) is 5.76 Å². The Balaban J connectivity index is 1.78. The first-order chi connectivity index (χ1) is 15.9. The number of halogens is 1. The SMILES string of the molecule is CCN(CC)c1ccc(C2C(=C(O)c3ccc(F)cc3)C(=O)C(=O)N2CC2CCCO2)cc1. The Kier molecular flexibility index (Phi) is 6.79. The lowest BCUT2D eigenvalue weighted by molar-refractivity contribution is -0.140. The highest BCUT2D eigenvalue weighted by molar-refractivity contribution is 6.46. The summed E-state index contributed by atoms with van der Waals surface area (Å²) in [4.78, 5) is 29.8. The molecule has 4 rings (SSSR count). The van der Waals surface area contributed by atoms with Crippen molar-refractivity contribution in [3.63, 3.8) is 0 Å². The van der Waals surface area contributed by atoms with Gasteiger partial charge in [-0.15, -0.1) is 0 Å². The molecule has 0 spiro atoms. The zero-order valence-corrected chi connectivity index (χ0v) is 19.0. The van der Waals surface area contributed by atoms with Crippen molar-refractivity contribution in [2.75, 3.05) is 31.1 Å². The van der Waals surface area contributed by atoms with Crippen LogP contribution in [-0.4, -0.2) is 54.0 Å². The summed E-state index contributed by atoms with van der Waals surface area (Å²) in [6.07, 6.45) is 1.58. The maximum atomic E-state index is 13.4. The molecule has 1 N–H and O–H groups in total. The van der Waals surface area contributed by atoms with Crippen molar-refractivity contribution in [2.24, 2.45) is 0 Å². The summed E-state index contributed by atoms with van der Waals surface area (Å²) in [6.45, 7) is 6.78. The van der Waals surface area contributed by atoms with Crippen molar-refractivity contribution in [3.8, 4) is 0 Å². The minimum absolute atomic E-state index is 0.0141. The number of Topliss-reactive ketones (excluding diaryl/α,β-unsaturated/α-hetero) is 1. The Labute approximate surface area is 193 Å². The van der Waals surface area contributed by atoms with Gasteiger partial charge in [-0.3, -0.25) is 9.59 Å². The van der Waals surface area contributed by atoms with E-state index < -0.39 is 23.5 Å². The summed E-state index contributed by atoms with van der Waals surface area (Å²) in [5.41, 5.74) is 2.07. The molecular weight excluding hydrogens is 423 g/mol. The van der Waals surface area contributed by atoms with Gasteiger partial charge in [-0.2, -0.15) is 0 Å². The zero-order chi connectivity index (χ0) is 23.5. The Morgan fingerprint density at radius 3 is 2.33 bits per heavy atom. The van der Waals surface area contributed by atoms with Crippen LogP contribution in [-0.2, 0) is 14.3 Å². The molecular formula is C26H29FN2O4. The third-order valence-corrected chi connectivity index (χ3v) is 6.42. The van der Waals surface area contributed by atoms with Crippen molar-refractivity contribution in [1.29, 1.82) is 0 Å². The smallest absolute Gasteiger partial charge is 0.295 e. The molecule has 2 aliphatic heterocycles. The molecule has 0 aliphatic carbocycles. The third kappa shape index (κ3) is 4.50. The van der Waals surface area contributed by atoms with Gasteiger partial charge in [0.05, 0.1) is 17.7 Å². The van der Waals surface area contributed by atoms with Crippen molar-refractivity contribution < 1.29 is 23.8 Å². The van der Waals surface area contributed by atoms with Crippen LogP contribution in [0, 0.1) is 5.82 Å². The minimum Gasteiger partial charge on any atom is -0.507 e. The van der Waals surface area contributed by atoms with E-state index in [1.807, 2.05) is 24.3 Å². The number of aliphatic hydroxyl groups excluding tert-OH is 1. The molecule has 1 amide bonds. The fraction of sp³-hybridized carbons (Fsp3) is 0.385. The molecule has 2 aliphatic rings. The molecule has 0 aromatic heterocycles. The quantitative estimate of drug-likeness (QED) is 0.386. The van der Waals surface area contributed by atoms with Crippen LogP contribution in [0.3, 0.4) is 0 Å². The summed E-state index contributed by atoms with van der Waals surface area (Å²) in [6, 6.07) is 12.2. The highest BCUT2D eigenvalue weighted by Gasteiger charge is 2.47. The first-order valence-electron chi connectivity index (χ1n) is 11.5. The van der Waals surface area contributed by atoms with Crippen molar-refractivity contribution >= 4 is 23.1 Å². The molecule has 7 heteroatoms. The molecule has 0 radical (unpaired) electrons.